The lowest BCUT2D eigenvalue weighted by molar-refractivity contribution is 0.187. The molecular weight excluding hydrogens is 310 g/mol. The molecule has 0 radical (unpaired) electrons. The first kappa shape index (κ1) is 16.3. The van der Waals surface area contributed by atoms with E-state index in [2.05, 4.69) is 58.9 Å². The maximum Gasteiger partial charge on any atom is 0.124 e. The average Bonchev–Trinajstić information content (AvgIpc) is 3.24. The largest absolute Gasteiger partial charge is 0.395 e. The van der Waals surface area contributed by atoms with Crippen molar-refractivity contribution in [2.45, 2.75) is 31.8 Å². The number of aryl methyl sites for hydroxylation is 1. The zero-order chi connectivity index (χ0) is 17.3. The molecule has 0 amide bonds. The predicted octanol–water partition coefficient (Wildman–Crippen LogP) is 3.19. The summed E-state index contributed by atoms with van der Waals surface area (Å²) in [5, 5.41) is 10.1. The van der Waals surface area contributed by atoms with Gasteiger partial charge in [0.05, 0.1) is 24.2 Å². The van der Waals surface area contributed by atoms with Crippen LogP contribution in [0.1, 0.15) is 24.7 Å². The maximum atomic E-state index is 10.1. The minimum absolute atomic E-state index is 0.148. The van der Waals surface area contributed by atoms with Gasteiger partial charge < -0.3 is 9.67 Å². The van der Waals surface area contributed by atoms with E-state index in [9.17, 15) is 5.11 Å². The standard InChI is InChI=1S/C21H25N3O/c1-2-24-19-11-7-6-10-18(19)22-20(24)14-23-13-12-21(15-23,16-25)17-8-4-3-5-9-17/h3-11,25H,2,12-16H2,1H3/t21-/m0/s1. The van der Waals surface area contributed by atoms with Crippen LogP contribution in [0.25, 0.3) is 11.0 Å². The van der Waals surface area contributed by atoms with Crippen LogP contribution in [0.2, 0.25) is 0 Å². The van der Waals surface area contributed by atoms with E-state index in [1.54, 1.807) is 0 Å². The SMILES string of the molecule is CCn1c(CN2CC[C@](CO)(c3ccccc3)C2)nc2ccccc21. The number of para-hydroxylation sites is 2. The molecule has 1 aliphatic rings. The Labute approximate surface area is 148 Å². The molecule has 0 spiro atoms. The van der Waals surface area contributed by atoms with Gasteiger partial charge in [-0.05, 0) is 37.6 Å². The highest BCUT2D eigenvalue weighted by atomic mass is 16.3. The van der Waals surface area contributed by atoms with Crippen molar-refractivity contribution in [3.63, 3.8) is 0 Å². The molecule has 4 heteroatoms. The van der Waals surface area contributed by atoms with Crippen molar-refractivity contribution in [1.29, 1.82) is 0 Å². The normalized spacial score (nSPS) is 21.2. The molecular formula is C21H25N3O. The molecule has 0 bridgehead atoms. The van der Waals surface area contributed by atoms with E-state index in [1.807, 2.05) is 12.1 Å². The minimum atomic E-state index is -0.148. The molecule has 2 heterocycles. The van der Waals surface area contributed by atoms with Gasteiger partial charge in [0.1, 0.15) is 5.82 Å². The summed E-state index contributed by atoms with van der Waals surface area (Å²) in [6.07, 6.45) is 0.986. The summed E-state index contributed by atoms with van der Waals surface area (Å²) in [5.74, 6) is 1.12. The van der Waals surface area contributed by atoms with Crippen LogP contribution < -0.4 is 0 Å². The van der Waals surface area contributed by atoms with E-state index in [1.165, 1.54) is 11.1 Å². The van der Waals surface area contributed by atoms with Crippen LogP contribution >= 0.6 is 0 Å². The first-order valence-electron chi connectivity index (χ1n) is 9.08. The van der Waals surface area contributed by atoms with Crippen LogP contribution in [0.4, 0.5) is 0 Å². The summed E-state index contributed by atoms with van der Waals surface area (Å²) >= 11 is 0. The van der Waals surface area contributed by atoms with Crippen molar-refractivity contribution in [3.05, 3.63) is 66.0 Å². The van der Waals surface area contributed by atoms with Crippen LogP contribution in [0, 0.1) is 0 Å². The van der Waals surface area contributed by atoms with E-state index in [-0.39, 0.29) is 12.0 Å². The number of fused-ring (bicyclic) bond motifs is 1. The molecule has 3 aromatic rings. The number of aliphatic hydroxyl groups is 1. The third kappa shape index (κ3) is 2.86. The molecule has 25 heavy (non-hydrogen) atoms. The molecule has 4 nitrogen and oxygen atoms in total. The molecule has 1 aliphatic heterocycles. The second-order valence-electron chi connectivity index (χ2n) is 7.03. The number of hydrogen-bond acceptors (Lipinski definition) is 3. The van der Waals surface area contributed by atoms with Crippen molar-refractivity contribution in [2.24, 2.45) is 0 Å². The molecule has 1 saturated heterocycles. The first-order valence-corrected chi connectivity index (χ1v) is 9.08. The summed E-state index contributed by atoms with van der Waals surface area (Å²) in [4.78, 5) is 7.28. The Morgan fingerprint density at radius 2 is 1.84 bits per heavy atom. The molecule has 4 rings (SSSR count). The van der Waals surface area contributed by atoms with Crippen molar-refractivity contribution in [3.8, 4) is 0 Å². The van der Waals surface area contributed by atoms with Gasteiger partial charge in [-0.3, -0.25) is 4.90 Å². The minimum Gasteiger partial charge on any atom is -0.395 e. The maximum absolute atomic E-state index is 10.1. The summed E-state index contributed by atoms with van der Waals surface area (Å²) < 4.78 is 2.30. The molecule has 1 fully saturated rings. The fourth-order valence-electron chi connectivity index (χ4n) is 4.14. The van der Waals surface area contributed by atoms with Gasteiger partial charge in [-0.1, -0.05) is 42.5 Å². The van der Waals surface area contributed by atoms with Crippen LogP contribution in [-0.2, 0) is 18.5 Å². The van der Waals surface area contributed by atoms with Crippen LogP contribution in [0.3, 0.4) is 0 Å². The second-order valence-corrected chi connectivity index (χ2v) is 7.03. The average molecular weight is 335 g/mol. The van der Waals surface area contributed by atoms with Gasteiger partial charge in [-0.25, -0.2) is 4.98 Å². The summed E-state index contributed by atoms with van der Waals surface area (Å²) in [6, 6.07) is 18.8. The summed E-state index contributed by atoms with van der Waals surface area (Å²) in [6.45, 7) is 5.98. The number of nitrogens with zero attached hydrogens (tertiary/aromatic N) is 3. The number of imidazole rings is 1. The van der Waals surface area contributed by atoms with Gasteiger partial charge in [0.15, 0.2) is 0 Å². The summed E-state index contributed by atoms with van der Waals surface area (Å²) in [5.41, 5.74) is 3.36. The molecule has 1 atom stereocenters. The van der Waals surface area contributed by atoms with E-state index in [0.29, 0.717) is 0 Å². The van der Waals surface area contributed by atoms with E-state index in [4.69, 9.17) is 4.98 Å². The van der Waals surface area contributed by atoms with E-state index in [0.717, 1.165) is 43.9 Å². The zero-order valence-corrected chi connectivity index (χ0v) is 14.7. The summed E-state index contributed by atoms with van der Waals surface area (Å²) in [7, 11) is 0. The number of aromatic nitrogens is 2. The molecule has 0 aliphatic carbocycles. The molecule has 2 aromatic carbocycles. The van der Waals surface area contributed by atoms with Gasteiger partial charge in [-0.2, -0.15) is 0 Å². The lowest BCUT2D eigenvalue weighted by Gasteiger charge is -2.28. The second kappa shape index (κ2) is 6.62. The van der Waals surface area contributed by atoms with Gasteiger partial charge >= 0.3 is 0 Å². The Hall–Kier alpha value is -2.17. The fourth-order valence-corrected chi connectivity index (χ4v) is 4.14. The smallest absolute Gasteiger partial charge is 0.124 e. The fraction of sp³-hybridized carbons (Fsp3) is 0.381. The van der Waals surface area contributed by atoms with Crippen molar-refractivity contribution >= 4 is 11.0 Å². The highest BCUT2D eigenvalue weighted by molar-refractivity contribution is 5.75. The Morgan fingerprint density at radius 3 is 2.60 bits per heavy atom. The van der Waals surface area contributed by atoms with Gasteiger partial charge in [-0.15, -0.1) is 0 Å². The monoisotopic (exact) mass is 335 g/mol. The number of likely N-dealkylation sites (tertiary alicyclic amines) is 1. The third-order valence-corrected chi connectivity index (χ3v) is 5.54. The van der Waals surface area contributed by atoms with Crippen molar-refractivity contribution in [1.82, 2.24) is 14.5 Å². The highest BCUT2D eigenvalue weighted by Crippen LogP contribution is 2.35. The van der Waals surface area contributed by atoms with Crippen LogP contribution in [-0.4, -0.2) is 39.3 Å². The van der Waals surface area contributed by atoms with Crippen molar-refractivity contribution < 1.29 is 5.11 Å². The third-order valence-electron chi connectivity index (χ3n) is 5.54. The van der Waals surface area contributed by atoms with Crippen LogP contribution in [0.15, 0.2) is 54.6 Å². The lowest BCUT2D eigenvalue weighted by Crippen LogP contribution is -2.34. The quantitative estimate of drug-likeness (QED) is 0.778. The topological polar surface area (TPSA) is 41.3 Å². The van der Waals surface area contributed by atoms with Gasteiger partial charge in [0, 0.05) is 18.5 Å². The Kier molecular flexibility index (Phi) is 4.32. The Morgan fingerprint density at radius 1 is 1.08 bits per heavy atom. The highest BCUT2D eigenvalue weighted by Gasteiger charge is 2.39. The molecule has 1 aromatic heterocycles. The molecule has 0 unspecified atom stereocenters. The predicted molar refractivity (Wildman–Crippen MR) is 101 cm³/mol. The van der Waals surface area contributed by atoms with E-state index >= 15 is 0 Å². The Bertz CT molecular complexity index is 858. The molecule has 0 saturated carbocycles. The zero-order valence-electron chi connectivity index (χ0n) is 14.7. The number of benzene rings is 2. The molecule has 1 N–H and O–H groups in total. The lowest BCUT2D eigenvalue weighted by atomic mass is 9.80. The Balaban J connectivity index is 1.59. The van der Waals surface area contributed by atoms with Gasteiger partial charge in [0.25, 0.3) is 0 Å². The molecule has 130 valence electrons. The number of hydrogen-bond donors (Lipinski definition) is 1. The number of aliphatic hydroxyl groups excluding tert-OH is 1. The van der Waals surface area contributed by atoms with Crippen LogP contribution in [0.5, 0.6) is 0 Å². The van der Waals surface area contributed by atoms with Gasteiger partial charge in [0.2, 0.25) is 0 Å². The van der Waals surface area contributed by atoms with Crippen molar-refractivity contribution in [2.75, 3.05) is 19.7 Å². The first-order chi connectivity index (χ1) is 12.3. The van der Waals surface area contributed by atoms with E-state index < -0.39 is 0 Å². The number of rotatable bonds is 5.